The second-order valence-corrected chi connectivity index (χ2v) is 6.99. The highest BCUT2D eigenvalue weighted by molar-refractivity contribution is 5.78. The summed E-state index contributed by atoms with van der Waals surface area (Å²) in [6.07, 6.45) is -0.293. The highest BCUT2D eigenvalue weighted by Gasteiger charge is 2.38. The van der Waals surface area contributed by atoms with Crippen molar-refractivity contribution in [3.8, 4) is 11.1 Å². The largest absolute Gasteiger partial charge is 0.516 e. The number of hydrogen-bond donors (Lipinski definition) is 3. The van der Waals surface area contributed by atoms with Crippen molar-refractivity contribution in [2.45, 2.75) is 5.92 Å². The molecular weight excluding hydrogens is 340 g/mol. The zero-order chi connectivity index (χ0) is 19.3. The molecule has 0 radical (unpaired) electrons. The van der Waals surface area contributed by atoms with Gasteiger partial charge in [0.05, 0.1) is 0 Å². The van der Waals surface area contributed by atoms with E-state index in [9.17, 15) is 4.79 Å². The molecule has 27 heavy (non-hydrogen) atoms. The van der Waals surface area contributed by atoms with Crippen LogP contribution in [-0.2, 0) is 4.74 Å². The van der Waals surface area contributed by atoms with Gasteiger partial charge in [-0.3, -0.25) is 0 Å². The van der Waals surface area contributed by atoms with Crippen LogP contribution < -0.4 is 17.2 Å². The minimum atomic E-state index is -0.293. The third-order valence-corrected chi connectivity index (χ3v) is 5.39. The van der Waals surface area contributed by atoms with Crippen molar-refractivity contribution in [1.29, 1.82) is 0 Å². The lowest BCUT2D eigenvalue weighted by molar-refractivity contribution is -0.853. The molecule has 6 nitrogen and oxygen atoms in total. The van der Waals surface area contributed by atoms with Crippen molar-refractivity contribution in [1.82, 2.24) is 0 Å². The van der Waals surface area contributed by atoms with Crippen molar-refractivity contribution in [3.63, 3.8) is 0 Å². The number of rotatable bonds is 8. The van der Waals surface area contributed by atoms with Crippen LogP contribution in [0, 0.1) is 0 Å². The molecule has 0 unspecified atom stereocenters. The maximum atomic E-state index is 13.0. The van der Waals surface area contributed by atoms with Gasteiger partial charge in [0.2, 0.25) is 0 Å². The zero-order valence-corrected chi connectivity index (χ0v) is 15.6. The van der Waals surface area contributed by atoms with Crippen LogP contribution in [0.3, 0.4) is 0 Å². The summed E-state index contributed by atoms with van der Waals surface area (Å²) in [6.45, 7) is 2.87. The van der Waals surface area contributed by atoms with Crippen LogP contribution in [0.4, 0.5) is 4.79 Å². The second-order valence-electron chi connectivity index (χ2n) is 6.99. The Morgan fingerprint density at radius 3 is 1.70 bits per heavy atom. The van der Waals surface area contributed by atoms with Crippen molar-refractivity contribution in [2.75, 3.05) is 45.9 Å². The Morgan fingerprint density at radius 1 is 0.815 bits per heavy atom. The van der Waals surface area contributed by atoms with Gasteiger partial charge in [-0.05, 0) is 22.3 Å². The Morgan fingerprint density at radius 2 is 1.26 bits per heavy atom. The van der Waals surface area contributed by atoms with Crippen molar-refractivity contribution < 1.29 is 14.0 Å². The number of nitrogens with two attached hydrogens (primary N) is 3. The minimum Gasteiger partial charge on any atom is -0.419 e. The normalized spacial score (nSPS) is 13.3. The molecule has 0 atom stereocenters. The van der Waals surface area contributed by atoms with Gasteiger partial charge in [0.15, 0.2) is 0 Å². The highest BCUT2D eigenvalue weighted by Crippen LogP contribution is 2.44. The summed E-state index contributed by atoms with van der Waals surface area (Å²) in [5.41, 5.74) is 22.1. The highest BCUT2D eigenvalue weighted by atomic mass is 16.6. The van der Waals surface area contributed by atoms with Crippen molar-refractivity contribution in [3.05, 3.63) is 59.7 Å². The number of benzene rings is 2. The quantitative estimate of drug-likeness (QED) is 0.614. The summed E-state index contributed by atoms with van der Waals surface area (Å²) in [5.74, 6) is 0.0388. The van der Waals surface area contributed by atoms with Crippen LogP contribution >= 0.6 is 0 Å². The van der Waals surface area contributed by atoms with Crippen LogP contribution in [-0.4, -0.2) is 56.5 Å². The summed E-state index contributed by atoms with van der Waals surface area (Å²) in [4.78, 5) is 13.0. The first-order valence-electron chi connectivity index (χ1n) is 9.48. The molecule has 6 N–H and O–H groups in total. The summed E-state index contributed by atoms with van der Waals surface area (Å²) in [5, 5.41) is 0. The number of carbonyl (C=O) groups excluding carboxylic acids is 1. The molecule has 1 amide bonds. The SMILES string of the molecule is NCC[N+](CCN)(CCN)C(=O)OCC1c2ccccc2-c2ccccc21. The first-order chi connectivity index (χ1) is 13.2. The first kappa shape index (κ1) is 19.5. The van der Waals surface area contributed by atoms with E-state index in [0.29, 0.717) is 45.9 Å². The minimum absolute atomic E-state index is 0.0388. The predicted octanol–water partition coefficient (Wildman–Crippen LogP) is 1.63. The van der Waals surface area contributed by atoms with Crippen LogP contribution in [0.1, 0.15) is 17.0 Å². The Bertz CT molecular complexity index is 731. The van der Waals surface area contributed by atoms with Gasteiger partial charge in [0, 0.05) is 25.6 Å². The summed E-state index contributed by atoms with van der Waals surface area (Å²) >= 11 is 0. The average molecular weight is 369 g/mol. The number of nitrogens with zero attached hydrogens (tertiary/aromatic N) is 1. The Balaban J connectivity index is 1.82. The molecule has 0 fully saturated rings. The molecule has 0 spiro atoms. The van der Waals surface area contributed by atoms with Gasteiger partial charge < -0.3 is 21.9 Å². The summed E-state index contributed by atoms with van der Waals surface area (Å²) in [7, 11) is 0. The van der Waals surface area contributed by atoms with Crippen LogP contribution in [0.15, 0.2) is 48.5 Å². The molecule has 3 rings (SSSR count). The molecule has 0 bridgehead atoms. The van der Waals surface area contributed by atoms with E-state index in [1.54, 1.807) is 0 Å². The molecule has 2 aromatic rings. The maximum absolute atomic E-state index is 13.0. The van der Waals surface area contributed by atoms with Crippen LogP contribution in [0.25, 0.3) is 11.1 Å². The second kappa shape index (κ2) is 8.63. The van der Waals surface area contributed by atoms with E-state index in [0.717, 1.165) is 0 Å². The molecule has 0 heterocycles. The maximum Gasteiger partial charge on any atom is 0.516 e. The molecule has 2 aromatic carbocycles. The van der Waals surface area contributed by atoms with Gasteiger partial charge in [0.25, 0.3) is 0 Å². The molecule has 0 aliphatic heterocycles. The molecule has 1 aliphatic carbocycles. The number of amides is 1. The van der Waals surface area contributed by atoms with Gasteiger partial charge in [-0.2, -0.15) is 4.79 Å². The third kappa shape index (κ3) is 3.75. The Hall–Kier alpha value is -2.25. The lowest BCUT2D eigenvalue weighted by atomic mass is 9.98. The van der Waals surface area contributed by atoms with E-state index in [4.69, 9.17) is 21.9 Å². The lowest BCUT2D eigenvalue weighted by Gasteiger charge is -2.33. The van der Waals surface area contributed by atoms with Gasteiger partial charge >= 0.3 is 6.09 Å². The molecular formula is C21H29N4O2+. The Labute approximate surface area is 160 Å². The molecule has 1 aliphatic rings. The number of quaternary nitrogens is 1. The molecule has 0 aromatic heterocycles. The average Bonchev–Trinajstić information content (AvgIpc) is 3.00. The van der Waals surface area contributed by atoms with Crippen molar-refractivity contribution >= 4 is 6.09 Å². The van der Waals surface area contributed by atoms with Crippen LogP contribution in [0.2, 0.25) is 0 Å². The van der Waals surface area contributed by atoms with Gasteiger partial charge in [-0.25, -0.2) is 4.48 Å². The lowest BCUT2D eigenvalue weighted by Crippen LogP contribution is -2.59. The molecule has 6 heteroatoms. The standard InChI is InChI=1S/C21H29N4O2/c22-9-12-25(13-10-23,14-11-24)21(26)27-15-20-18-7-3-1-5-16(18)17-6-2-4-8-19(17)20/h1-8,20H,9-15,22-24H2/q+1. The van der Waals surface area contributed by atoms with Gasteiger partial charge in [-0.1, -0.05) is 48.5 Å². The zero-order valence-electron chi connectivity index (χ0n) is 15.6. The molecule has 0 saturated carbocycles. The first-order valence-corrected chi connectivity index (χ1v) is 9.48. The third-order valence-electron chi connectivity index (χ3n) is 5.39. The smallest absolute Gasteiger partial charge is 0.419 e. The fourth-order valence-corrected chi connectivity index (χ4v) is 4.08. The number of hydrogen-bond acceptors (Lipinski definition) is 5. The van der Waals surface area contributed by atoms with Crippen molar-refractivity contribution in [2.24, 2.45) is 17.2 Å². The Kier molecular flexibility index (Phi) is 6.23. The summed E-state index contributed by atoms with van der Waals surface area (Å²) in [6, 6.07) is 16.6. The number of fused-ring (bicyclic) bond motifs is 3. The summed E-state index contributed by atoms with van der Waals surface area (Å²) < 4.78 is 5.91. The topological polar surface area (TPSA) is 104 Å². The van der Waals surface area contributed by atoms with Gasteiger partial charge in [0.1, 0.15) is 26.2 Å². The van der Waals surface area contributed by atoms with E-state index in [1.165, 1.54) is 22.3 Å². The predicted molar refractivity (Wildman–Crippen MR) is 107 cm³/mol. The van der Waals surface area contributed by atoms with E-state index in [1.807, 2.05) is 24.3 Å². The van der Waals surface area contributed by atoms with Crippen LogP contribution in [0.5, 0.6) is 0 Å². The molecule has 144 valence electrons. The molecule has 0 saturated heterocycles. The van der Waals surface area contributed by atoms with E-state index in [2.05, 4.69) is 24.3 Å². The number of ether oxygens (including phenoxy) is 1. The van der Waals surface area contributed by atoms with E-state index < -0.39 is 0 Å². The van der Waals surface area contributed by atoms with E-state index in [-0.39, 0.29) is 16.5 Å². The monoisotopic (exact) mass is 369 g/mol. The van der Waals surface area contributed by atoms with Gasteiger partial charge in [-0.15, -0.1) is 0 Å². The van der Waals surface area contributed by atoms with E-state index >= 15 is 0 Å². The number of carbonyl (C=O) groups is 1. The fraction of sp³-hybridized carbons (Fsp3) is 0.381. The fourth-order valence-electron chi connectivity index (χ4n) is 4.08.